The fourth-order valence-electron chi connectivity index (χ4n) is 6.33. The number of nitrogens with zero attached hydrogens (tertiary/aromatic N) is 2. The molecule has 4 N–H and O–H groups in total. The third-order valence-corrected chi connectivity index (χ3v) is 10.1. The molecule has 2 atom stereocenters. The predicted octanol–water partition coefficient (Wildman–Crippen LogP) is 6.38. The first-order valence-electron chi connectivity index (χ1n) is 13.6. The molecule has 0 aliphatic heterocycles. The van der Waals surface area contributed by atoms with E-state index in [4.69, 9.17) is 22.3 Å². The van der Waals surface area contributed by atoms with E-state index in [9.17, 15) is 8.42 Å². The lowest BCUT2D eigenvalue weighted by Crippen LogP contribution is -2.22. The minimum Gasteiger partial charge on any atom is -0.351 e. The highest BCUT2D eigenvalue weighted by Crippen LogP contribution is 2.44. The van der Waals surface area contributed by atoms with Crippen molar-refractivity contribution in [1.29, 1.82) is 0 Å². The lowest BCUT2D eigenvalue weighted by Gasteiger charge is -2.16. The fraction of sp³-hybridized carbons (Fsp3) is 0.333. The second kappa shape index (κ2) is 10.6. The summed E-state index contributed by atoms with van der Waals surface area (Å²) in [6.07, 6.45) is 6.98. The van der Waals surface area contributed by atoms with Crippen molar-refractivity contribution in [2.45, 2.75) is 56.0 Å². The Morgan fingerprint density at radius 2 is 1.77 bits per heavy atom. The Kier molecular flexibility index (Phi) is 7.14. The summed E-state index contributed by atoms with van der Waals surface area (Å²) in [5.41, 5.74) is 9.30. The third-order valence-electron chi connectivity index (χ3n) is 8.20. The molecule has 10 heteroatoms. The van der Waals surface area contributed by atoms with E-state index in [2.05, 4.69) is 21.9 Å². The first-order valence-corrected chi connectivity index (χ1v) is 15.5. The molecule has 1 heterocycles. The number of aromatic nitrogens is 2. The first-order chi connectivity index (χ1) is 19.2. The van der Waals surface area contributed by atoms with E-state index in [0.29, 0.717) is 35.4 Å². The van der Waals surface area contributed by atoms with Gasteiger partial charge < -0.3 is 11.1 Å². The van der Waals surface area contributed by atoms with Crippen LogP contribution >= 0.6 is 11.6 Å². The second-order valence-electron chi connectivity index (χ2n) is 10.9. The average molecular weight is 580 g/mol. The number of sulfonamides is 1. The van der Waals surface area contributed by atoms with Gasteiger partial charge in [0.1, 0.15) is 10.7 Å². The van der Waals surface area contributed by atoms with Crippen LogP contribution in [0.5, 0.6) is 0 Å². The molecule has 40 heavy (non-hydrogen) atoms. The number of benzene rings is 3. The molecule has 3 aromatic carbocycles. The number of anilines is 2. The Hall–Kier alpha value is -3.27. The van der Waals surface area contributed by atoms with Crippen molar-refractivity contribution in [1.82, 2.24) is 9.97 Å². The Balaban J connectivity index is 1.24. The van der Waals surface area contributed by atoms with Crippen LogP contribution in [0, 0.1) is 17.7 Å². The summed E-state index contributed by atoms with van der Waals surface area (Å²) in [6, 6.07) is 15.1. The van der Waals surface area contributed by atoms with Crippen molar-refractivity contribution in [2.75, 3.05) is 10.0 Å². The molecule has 0 amide bonds. The van der Waals surface area contributed by atoms with Crippen LogP contribution in [-0.2, 0) is 16.4 Å². The Morgan fingerprint density at radius 1 is 1.02 bits per heavy atom. The van der Waals surface area contributed by atoms with Crippen LogP contribution in [0.4, 0.5) is 16.0 Å². The lowest BCUT2D eigenvalue weighted by atomic mass is 9.98. The Labute approximate surface area is 238 Å². The van der Waals surface area contributed by atoms with E-state index < -0.39 is 15.8 Å². The summed E-state index contributed by atoms with van der Waals surface area (Å²) in [7, 11) is -4.05. The maximum Gasteiger partial charge on any atom is 0.263 e. The van der Waals surface area contributed by atoms with E-state index in [-0.39, 0.29) is 15.6 Å². The molecule has 0 saturated heterocycles. The van der Waals surface area contributed by atoms with Gasteiger partial charge >= 0.3 is 0 Å². The van der Waals surface area contributed by atoms with Crippen LogP contribution in [0.2, 0.25) is 5.02 Å². The monoisotopic (exact) mass is 579 g/mol. The molecule has 6 rings (SSSR count). The molecule has 2 saturated carbocycles. The van der Waals surface area contributed by atoms with E-state index >= 15 is 4.39 Å². The molecule has 0 radical (unpaired) electrons. The molecule has 2 unspecified atom stereocenters. The van der Waals surface area contributed by atoms with Crippen molar-refractivity contribution in [3.8, 4) is 11.1 Å². The van der Waals surface area contributed by atoms with Gasteiger partial charge in [-0.15, -0.1) is 0 Å². The zero-order valence-electron chi connectivity index (χ0n) is 22.1. The molecule has 2 aliphatic carbocycles. The smallest absolute Gasteiger partial charge is 0.263 e. The van der Waals surface area contributed by atoms with Crippen molar-refractivity contribution in [2.24, 2.45) is 17.6 Å². The molecule has 0 bridgehead atoms. The van der Waals surface area contributed by atoms with Gasteiger partial charge in [-0.3, -0.25) is 4.72 Å². The molecular formula is C30H31ClFN5O2S. The first kappa shape index (κ1) is 26.9. The van der Waals surface area contributed by atoms with Gasteiger partial charge in [-0.05, 0) is 97.0 Å². The summed E-state index contributed by atoms with van der Waals surface area (Å²) in [4.78, 5) is 9.33. The van der Waals surface area contributed by atoms with Gasteiger partial charge in [0, 0.05) is 23.7 Å². The number of nitrogens with two attached hydrogens (primary N) is 1. The zero-order valence-corrected chi connectivity index (χ0v) is 23.6. The minimum absolute atomic E-state index is 0.0615. The standard InChI is InChI=1S/C30H31ClFN5O2S/c1-2-17-9-19(18-7-8-27(26(32)15-18)37-40(38,39)28-6-4-3-5-25(28)31)10-22-16-34-30(36-29(17)22)35-24-13-20-11-23(33)12-21(20)14-24/h3-10,15-16,20-21,23-24,37H,2,11-14,33H2,1H3,(H,34,35,36). The SMILES string of the molecule is CCc1cc(-c2ccc(NS(=O)(=O)c3ccccc3Cl)c(F)c2)cc2cnc(NC3CC4CC(N)CC4C3)nc12. The largest absolute Gasteiger partial charge is 0.351 e. The maximum atomic E-state index is 15.1. The van der Waals surface area contributed by atoms with Gasteiger partial charge in [-0.2, -0.15) is 0 Å². The normalized spacial score (nSPS) is 22.4. The molecule has 0 spiro atoms. The highest BCUT2D eigenvalue weighted by atomic mass is 35.5. The van der Waals surface area contributed by atoms with Crippen LogP contribution in [0.1, 0.15) is 38.2 Å². The average Bonchev–Trinajstić information content (AvgIpc) is 3.45. The van der Waals surface area contributed by atoms with E-state index in [1.807, 2.05) is 18.3 Å². The second-order valence-corrected chi connectivity index (χ2v) is 13.0. The topological polar surface area (TPSA) is 110 Å². The van der Waals surface area contributed by atoms with Crippen LogP contribution in [-0.4, -0.2) is 30.5 Å². The minimum atomic E-state index is -4.05. The summed E-state index contributed by atoms with van der Waals surface area (Å²) >= 11 is 6.04. The third kappa shape index (κ3) is 5.25. The molecular weight excluding hydrogens is 549 g/mol. The molecule has 2 fully saturated rings. The number of fused-ring (bicyclic) bond motifs is 2. The van der Waals surface area contributed by atoms with Crippen LogP contribution in [0.25, 0.3) is 22.0 Å². The van der Waals surface area contributed by atoms with Crippen molar-refractivity contribution in [3.63, 3.8) is 0 Å². The summed E-state index contributed by atoms with van der Waals surface area (Å²) in [5.74, 6) is 1.33. The van der Waals surface area contributed by atoms with Crippen molar-refractivity contribution >= 4 is 44.2 Å². The predicted molar refractivity (Wildman–Crippen MR) is 157 cm³/mol. The fourth-order valence-corrected chi connectivity index (χ4v) is 7.92. The van der Waals surface area contributed by atoms with Crippen LogP contribution in [0.15, 0.2) is 65.7 Å². The molecule has 4 aromatic rings. The quantitative estimate of drug-likeness (QED) is 0.234. The Morgan fingerprint density at radius 3 is 2.48 bits per heavy atom. The molecule has 7 nitrogen and oxygen atoms in total. The van der Waals surface area contributed by atoms with Crippen molar-refractivity contribution < 1.29 is 12.8 Å². The zero-order chi connectivity index (χ0) is 28.0. The van der Waals surface area contributed by atoms with Crippen LogP contribution < -0.4 is 15.8 Å². The van der Waals surface area contributed by atoms with Crippen LogP contribution in [0.3, 0.4) is 0 Å². The number of aryl methyl sites for hydroxylation is 1. The number of halogens is 2. The lowest BCUT2D eigenvalue weighted by molar-refractivity contribution is 0.457. The number of hydrogen-bond acceptors (Lipinski definition) is 6. The number of nitrogens with one attached hydrogen (secondary N) is 2. The van der Waals surface area contributed by atoms with Gasteiger partial charge in [-0.25, -0.2) is 22.8 Å². The van der Waals surface area contributed by atoms with E-state index in [1.165, 1.54) is 24.3 Å². The molecule has 1 aromatic heterocycles. The summed E-state index contributed by atoms with van der Waals surface area (Å²) < 4.78 is 43.0. The van der Waals surface area contributed by atoms with E-state index in [1.54, 1.807) is 18.2 Å². The van der Waals surface area contributed by atoms with E-state index in [0.717, 1.165) is 54.1 Å². The highest BCUT2D eigenvalue weighted by molar-refractivity contribution is 7.92. The van der Waals surface area contributed by atoms with Gasteiger partial charge in [0.15, 0.2) is 0 Å². The number of rotatable bonds is 7. The van der Waals surface area contributed by atoms with Gasteiger partial charge in [0.05, 0.1) is 16.2 Å². The maximum absolute atomic E-state index is 15.1. The summed E-state index contributed by atoms with van der Waals surface area (Å²) in [6.45, 7) is 2.06. The highest BCUT2D eigenvalue weighted by Gasteiger charge is 2.40. The van der Waals surface area contributed by atoms with Crippen molar-refractivity contribution in [3.05, 3.63) is 77.2 Å². The molecule has 208 valence electrons. The molecule has 2 aliphatic rings. The van der Waals surface area contributed by atoms with Gasteiger partial charge in [0.25, 0.3) is 10.0 Å². The Bertz CT molecular complexity index is 1690. The number of hydrogen-bond donors (Lipinski definition) is 3. The van der Waals surface area contributed by atoms with Gasteiger partial charge in [0.2, 0.25) is 5.95 Å². The van der Waals surface area contributed by atoms with Gasteiger partial charge in [-0.1, -0.05) is 36.7 Å². The summed E-state index contributed by atoms with van der Waals surface area (Å²) in [5, 5.41) is 4.47.